The van der Waals surface area contributed by atoms with Crippen molar-refractivity contribution in [2.75, 3.05) is 0 Å². The number of aryl methyl sites for hydroxylation is 1. The van der Waals surface area contributed by atoms with Crippen molar-refractivity contribution in [1.82, 2.24) is 8.54 Å². The van der Waals surface area contributed by atoms with E-state index in [1.807, 2.05) is 30.3 Å². The van der Waals surface area contributed by atoms with E-state index < -0.39 is 17.5 Å². The van der Waals surface area contributed by atoms with Gasteiger partial charge in [-0.1, -0.05) is 18.2 Å². The molecule has 0 saturated heterocycles. The maximum absolute atomic E-state index is 12.3. The molecule has 0 amide bonds. The summed E-state index contributed by atoms with van der Waals surface area (Å²) < 4.78 is 7.27. The highest BCUT2D eigenvalue weighted by Gasteiger charge is 2.10. The summed E-state index contributed by atoms with van der Waals surface area (Å²) in [6.07, 6.45) is 0.452. The first-order chi connectivity index (χ1) is 9.99. The lowest BCUT2D eigenvalue weighted by Crippen LogP contribution is -2.40. The van der Waals surface area contributed by atoms with Crippen molar-refractivity contribution in [1.29, 1.82) is 0 Å². The molecule has 0 fully saturated rings. The van der Waals surface area contributed by atoms with Crippen LogP contribution in [0.1, 0.15) is 12.5 Å². The smallest absolute Gasteiger partial charge is 0.343 e. The molecule has 112 valence electrons. The maximum atomic E-state index is 12.3. The first-order valence-corrected chi connectivity index (χ1v) is 7.12. The number of benzene rings is 1. The summed E-state index contributed by atoms with van der Waals surface area (Å²) in [7, 11) is 0. The molecule has 6 nitrogen and oxygen atoms in total. The topological polar surface area (TPSA) is 73.5 Å². The maximum Gasteiger partial charge on any atom is 0.343 e. The van der Waals surface area contributed by atoms with Crippen molar-refractivity contribution < 1.29 is 9.84 Å². The van der Waals surface area contributed by atoms with Gasteiger partial charge < -0.3 is 9.84 Å². The molecule has 7 heteroatoms. The van der Waals surface area contributed by atoms with Crippen LogP contribution in [-0.2, 0) is 11.5 Å². The zero-order valence-electron chi connectivity index (χ0n) is 11.7. The Morgan fingerprint density at radius 2 is 1.95 bits per heavy atom. The fraction of sp³-hybridized carbons (Fsp3) is 0.286. The third-order valence-corrected chi connectivity index (χ3v) is 3.65. The molecule has 2 rings (SSSR count). The Balaban J connectivity index is 2.39. The summed E-state index contributed by atoms with van der Waals surface area (Å²) >= 11 is 1.21. The molecule has 0 aliphatic rings. The predicted octanol–water partition coefficient (Wildman–Crippen LogP) is 1.19. The van der Waals surface area contributed by atoms with Crippen LogP contribution < -0.4 is 11.2 Å². The third kappa shape index (κ3) is 3.84. The van der Waals surface area contributed by atoms with Crippen LogP contribution in [0.2, 0.25) is 0 Å². The van der Waals surface area contributed by atoms with E-state index in [9.17, 15) is 9.59 Å². The fourth-order valence-corrected chi connectivity index (χ4v) is 2.56. The van der Waals surface area contributed by atoms with Gasteiger partial charge in [-0.25, -0.2) is 13.3 Å². The van der Waals surface area contributed by atoms with E-state index >= 15 is 0 Å². The molecule has 0 aliphatic heterocycles. The second kappa shape index (κ2) is 6.75. The van der Waals surface area contributed by atoms with Crippen LogP contribution in [-0.4, -0.2) is 19.9 Å². The Morgan fingerprint density at radius 3 is 2.57 bits per heavy atom. The third-order valence-electron chi connectivity index (χ3n) is 2.70. The van der Waals surface area contributed by atoms with Gasteiger partial charge in [-0.3, -0.25) is 4.79 Å². The Labute approximate surface area is 125 Å². The van der Waals surface area contributed by atoms with Crippen molar-refractivity contribution in [2.45, 2.75) is 31.8 Å². The molecule has 1 heterocycles. The second-order valence-electron chi connectivity index (χ2n) is 4.45. The van der Waals surface area contributed by atoms with Gasteiger partial charge in [0.05, 0.1) is 0 Å². The summed E-state index contributed by atoms with van der Waals surface area (Å²) in [6, 6.07) is 9.36. The second-order valence-corrected chi connectivity index (χ2v) is 5.50. The van der Waals surface area contributed by atoms with Crippen molar-refractivity contribution in [3.8, 4) is 0 Å². The predicted molar refractivity (Wildman–Crippen MR) is 80.2 cm³/mol. The summed E-state index contributed by atoms with van der Waals surface area (Å²) in [6.45, 7) is 2.76. The van der Waals surface area contributed by atoms with E-state index in [2.05, 4.69) is 0 Å². The molecule has 1 atom stereocenters. The number of hydrogen-bond donors (Lipinski definition) is 1. The zero-order chi connectivity index (χ0) is 15.4. The van der Waals surface area contributed by atoms with E-state index in [1.54, 1.807) is 6.92 Å². The molecule has 1 aromatic carbocycles. The van der Waals surface area contributed by atoms with Gasteiger partial charge >= 0.3 is 5.69 Å². The molecule has 2 aromatic rings. The number of rotatable bonds is 5. The largest absolute Gasteiger partial charge is 0.368 e. The lowest BCUT2D eigenvalue weighted by molar-refractivity contribution is -0.114. The molecular formula is C14H16N2O4S. The van der Waals surface area contributed by atoms with Crippen LogP contribution in [0.3, 0.4) is 0 Å². The molecular weight excluding hydrogens is 292 g/mol. The Hall–Kier alpha value is -1.83. The van der Waals surface area contributed by atoms with Crippen molar-refractivity contribution in [3.05, 3.63) is 62.9 Å². The molecule has 0 spiro atoms. The average molecular weight is 308 g/mol. The molecule has 21 heavy (non-hydrogen) atoms. The zero-order valence-corrected chi connectivity index (χ0v) is 12.5. The Bertz CT molecular complexity index is 722. The first kappa shape index (κ1) is 15.6. The summed E-state index contributed by atoms with van der Waals surface area (Å²) in [5.74, 6) is 0. The molecule has 1 N–H and O–H groups in total. The number of aliphatic hydroxyl groups is 1. The highest BCUT2D eigenvalue weighted by molar-refractivity contribution is 7.97. The lowest BCUT2D eigenvalue weighted by atomic mass is 10.4. The Kier molecular flexibility index (Phi) is 5.00. The van der Waals surface area contributed by atoms with Gasteiger partial charge in [0.1, 0.15) is 6.73 Å². The average Bonchev–Trinajstić information content (AvgIpc) is 2.45. The monoisotopic (exact) mass is 308 g/mol. The Morgan fingerprint density at radius 1 is 1.29 bits per heavy atom. The normalized spacial score (nSPS) is 12.3. The highest BCUT2D eigenvalue weighted by atomic mass is 32.2. The molecule has 1 unspecified atom stereocenters. The summed E-state index contributed by atoms with van der Waals surface area (Å²) in [4.78, 5) is 25.2. The van der Waals surface area contributed by atoms with Crippen LogP contribution in [0.5, 0.6) is 0 Å². The van der Waals surface area contributed by atoms with Gasteiger partial charge in [0.2, 0.25) is 0 Å². The molecule has 0 bridgehead atoms. The van der Waals surface area contributed by atoms with Gasteiger partial charge in [-0.15, -0.1) is 0 Å². The SMILES string of the molecule is Cc1cn(Sc2ccccc2)c(=O)n(COC(C)O)c1=O. The minimum atomic E-state index is -1.05. The summed E-state index contributed by atoms with van der Waals surface area (Å²) in [5.41, 5.74) is -0.502. The van der Waals surface area contributed by atoms with Gasteiger partial charge in [-0.2, -0.15) is 0 Å². The van der Waals surface area contributed by atoms with Gasteiger partial charge in [-0.05, 0) is 37.9 Å². The minimum Gasteiger partial charge on any atom is -0.368 e. The number of nitrogens with zero attached hydrogens (tertiary/aromatic N) is 2. The number of aromatic nitrogens is 2. The quantitative estimate of drug-likeness (QED) is 0.840. The molecule has 0 saturated carbocycles. The molecule has 0 radical (unpaired) electrons. The lowest BCUT2D eigenvalue weighted by Gasteiger charge is -2.12. The van der Waals surface area contributed by atoms with E-state index in [0.29, 0.717) is 5.56 Å². The van der Waals surface area contributed by atoms with E-state index in [0.717, 1.165) is 9.46 Å². The van der Waals surface area contributed by atoms with Crippen molar-refractivity contribution in [3.63, 3.8) is 0 Å². The summed E-state index contributed by atoms with van der Waals surface area (Å²) in [5, 5.41) is 9.12. The van der Waals surface area contributed by atoms with Gasteiger partial charge in [0.25, 0.3) is 5.56 Å². The number of hydrogen-bond acceptors (Lipinski definition) is 5. The minimum absolute atomic E-state index is 0.285. The first-order valence-electron chi connectivity index (χ1n) is 6.35. The molecule has 1 aromatic heterocycles. The van der Waals surface area contributed by atoms with Crippen LogP contribution in [0.4, 0.5) is 0 Å². The fourth-order valence-electron chi connectivity index (χ4n) is 1.66. The molecule has 0 aliphatic carbocycles. The number of aliphatic hydroxyl groups excluding tert-OH is 1. The van der Waals surface area contributed by atoms with Gasteiger partial charge in [0.15, 0.2) is 6.29 Å². The van der Waals surface area contributed by atoms with E-state index in [4.69, 9.17) is 9.84 Å². The van der Waals surface area contributed by atoms with Crippen molar-refractivity contribution in [2.24, 2.45) is 0 Å². The van der Waals surface area contributed by atoms with Crippen LogP contribution in [0.25, 0.3) is 0 Å². The van der Waals surface area contributed by atoms with Crippen LogP contribution in [0, 0.1) is 6.92 Å². The van der Waals surface area contributed by atoms with Crippen LogP contribution in [0.15, 0.2) is 51.0 Å². The van der Waals surface area contributed by atoms with Gasteiger partial charge in [0, 0.05) is 16.7 Å². The van der Waals surface area contributed by atoms with Crippen LogP contribution >= 0.6 is 11.9 Å². The van der Waals surface area contributed by atoms with E-state index in [1.165, 1.54) is 29.0 Å². The number of ether oxygens (including phenoxy) is 1. The highest BCUT2D eigenvalue weighted by Crippen LogP contribution is 2.17. The standard InChI is InChI=1S/C14H16N2O4S/c1-10-8-16(21-12-6-4-3-5-7-12)14(19)15(13(10)18)9-20-11(2)17/h3-8,11,17H,9H2,1-2H3. The van der Waals surface area contributed by atoms with Crippen molar-refractivity contribution >= 4 is 11.9 Å². The van der Waals surface area contributed by atoms with E-state index in [-0.39, 0.29) is 6.73 Å².